The average Bonchev–Trinajstić information content (AvgIpc) is 2.12. The van der Waals surface area contributed by atoms with Crippen LogP contribution < -0.4 is 0 Å². The van der Waals surface area contributed by atoms with E-state index in [0.717, 1.165) is 18.7 Å². The number of thioether (sulfide) groups is 1. The van der Waals surface area contributed by atoms with Gasteiger partial charge in [0.1, 0.15) is 0 Å². The molecule has 0 aromatic carbocycles. The van der Waals surface area contributed by atoms with Gasteiger partial charge in [-0.25, -0.2) is 0 Å². The highest BCUT2D eigenvalue weighted by Crippen LogP contribution is 2.09. The van der Waals surface area contributed by atoms with Gasteiger partial charge < -0.3 is 10.0 Å². The van der Waals surface area contributed by atoms with E-state index in [-0.39, 0.29) is 11.8 Å². The molecule has 0 aliphatic carbocycles. The van der Waals surface area contributed by atoms with E-state index in [4.69, 9.17) is 5.11 Å². The summed E-state index contributed by atoms with van der Waals surface area (Å²) in [5.41, 5.74) is 0. The molecule has 0 radical (unpaired) electrons. The molecule has 0 saturated heterocycles. The second kappa shape index (κ2) is 8.38. The van der Waals surface area contributed by atoms with E-state index in [1.54, 1.807) is 0 Å². The maximum Gasteiger partial charge on any atom is 0.281 e. The first-order valence-corrected chi connectivity index (χ1v) is 5.77. The van der Waals surface area contributed by atoms with E-state index < -0.39 is 0 Å². The highest BCUT2D eigenvalue weighted by molar-refractivity contribution is 8.13. The van der Waals surface area contributed by atoms with Gasteiger partial charge in [0.2, 0.25) is 0 Å². The quantitative estimate of drug-likeness (QED) is 0.720. The maximum absolute atomic E-state index is 11.4. The van der Waals surface area contributed by atoms with E-state index in [1.807, 2.05) is 11.8 Å². The fourth-order valence-electron chi connectivity index (χ4n) is 1.04. The number of amides is 1. The van der Waals surface area contributed by atoms with Crippen molar-refractivity contribution in [3.05, 3.63) is 0 Å². The summed E-state index contributed by atoms with van der Waals surface area (Å²) in [6.07, 6.45) is 1.65. The summed E-state index contributed by atoms with van der Waals surface area (Å²) in [6, 6.07) is 0. The van der Waals surface area contributed by atoms with Gasteiger partial charge in [-0.05, 0) is 18.6 Å². The van der Waals surface area contributed by atoms with Crippen molar-refractivity contribution in [2.75, 3.05) is 25.4 Å². The fourth-order valence-corrected chi connectivity index (χ4v) is 1.65. The van der Waals surface area contributed by atoms with Crippen molar-refractivity contribution in [1.82, 2.24) is 4.90 Å². The second-order valence-electron chi connectivity index (χ2n) is 2.76. The van der Waals surface area contributed by atoms with Crippen molar-refractivity contribution >= 4 is 17.0 Å². The summed E-state index contributed by atoms with van der Waals surface area (Å²) in [4.78, 5) is 13.3. The normalized spacial score (nSPS) is 10.1. The van der Waals surface area contributed by atoms with Gasteiger partial charge in [0.25, 0.3) is 5.24 Å². The first kappa shape index (κ1) is 12.8. The van der Waals surface area contributed by atoms with E-state index in [9.17, 15) is 4.79 Å². The third-order valence-electron chi connectivity index (χ3n) is 1.61. The number of hydrogen-bond acceptors (Lipinski definition) is 3. The molecule has 0 unspecified atom stereocenters. The highest BCUT2D eigenvalue weighted by Gasteiger charge is 2.10. The Morgan fingerprint density at radius 1 is 1.38 bits per heavy atom. The lowest BCUT2D eigenvalue weighted by Gasteiger charge is -2.20. The molecule has 4 heteroatoms. The number of aliphatic hydroxyl groups excluding tert-OH is 1. The molecule has 1 N–H and O–H groups in total. The van der Waals surface area contributed by atoms with Gasteiger partial charge in [0.15, 0.2) is 0 Å². The van der Waals surface area contributed by atoms with Gasteiger partial charge in [-0.3, -0.25) is 4.79 Å². The van der Waals surface area contributed by atoms with Crippen LogP contribution in [0.5, 0.6) is 0 Å². The van der Waals surface area contributed by atoms with Crippen LogP contribution in [0.4, 0.5) is 4.79 Å². The summed E-state index contributed by atoms with van der Waals surface area (Å²) < 4.78 is 0. The lowest BCUT2D eigenvalue weighted by Crippen LogP contribution is -2.30. The summed E-state index contributed by atoms with van der Waals surface area (Å²) in [7, 11) is 0. The third kappa shape index (κ3) is 5.93. The predicted molar refractivity (Wildman–Crippen MR) is 57.1 cm³/mol. The number of rotatable bonds is 6. The fraction of sp³-hybridized carbons (Fsp3) is 0.889. The molecule has 0 aromatic heterocycles. The number of aliphatic hydroxyl groups is 1. The van der Waals surface area contributed by atoms with Crippen molar-refractivity contribution in [2.24, 2.45) is 0 Å². The highest BCUT2D eigenvalue weighted by atomic mass is 32.2. The summed E-state index contributed by atoms with van der Waals surface area (Å²) in [5, 5.41) is 8.79. The average molecular weight is 205 g/mol. The topological polar surface area (TPSA) is 40.5 Å². The van der Waals surface area contributed by atoms with Crippen molar-refractivity contribution in [3.8, 4) is 0 Å². The van der Waals surface area contributed by atoms with Gasteiger partial charge in [-0.2, -0.15) is 0 Å². The third-order valence-corrected chi connectivity index (χ3v) is 2.40. The second-order valence-corrected chi connectivity index (χ2v) is 3.98. The van der Waals surface area contributed by atoms with Crippen LogP contribution in [0.1, 0.15) is 26.7 Å². The van der Waals surface area contributed by atoms with Crippen LogP contribution in [-0.4, -0.2) is 40.7 Å². The molecule has 0 bridgehead atoms. The van der Waals surface area contributed by atoms with Gasteiger partial charge in [-0.1, -0.05) is 25.6 Å². The molecule has 0 aromatic rings. The smallest absolute Gasteiger partial charge is 0.281 e. The Morgan fingerprint density at radius 2 is 2.08 bits per heavy atom. The lowest BCUT2D eigenvalue weighted by molar-refractivity contribution is 0.212. The Bertz CT molecular complexity index is 142. The van der Waals surface area contributed by atoms with E-state index in [1.165, 1.54) is 11.8 Å². The molecule has 0 heterocycles. The minimum absolute atomic E-state index is 0.137. The first-order valence-electron chi connectivity index (χ1n) is 4.78. The van der Waals surface area contributed by atoms with Crippen LogP contribution in [0.25, 0.3) is 0 Å². The van der Waals surface area contributed by atoms with Crippen LogP contribution in [0.3, 0.4) is 0 Å². The molecule has 0 rings (SSSR count). The Morgan fingerprint density at radius 3 is 2.54 bits per heavy atom. The monoisotopic (exact) mass is 205 g/mol. The maximum atomic E-state index is 11.4. The molecular weight excluding hydrogens is 186 g/mol. The van der Waals surface area contributed by atoms with Crippen LogP contribution in [0.15, 0.2) is 0 Å². The molecule has 0 fully saturated rings. The molecular formula is C9H19NO2S. The van der Waals surface area contributed by atoms with Crippen LogP contribution in [0, 0.1) is 0 Å². The minimum atomic E-state index is 0.137. The zero-order valence-corrected chi connectivity index (χ0v) is 9.27. The number of nitrogens with zero attached hydrogens (tertiary/aromatic N) is 1. The molecule has 0 aliphatic heterocycles. The summed E-state index contributed by atoms with van der Waals surface area (Å²) >= 11 is 1.34. The number of carbonyl (C=O) groups is 1. The van der Waals surface area contributed by atoms with Gasteiger partial charge in [0, 0.05) is 19.7 Å². The van der Waals surface area contributed by atoms with Crippen molar-refractivity contribution < 1.29 is 9.90 Å². The van der Waals surface area contributed by atoms with E-state index in [0.29, 0.717) is 13.0 Å². The Kier molecular flexibility index (Phi) is 8.24. The first-order chi connectivity index (χ1) is 6.26. The summed E-state index contributed by atoms with van der Waals surface area (Å²) in [5.74, 6) is 0.818. The van der Waals surface area contributed by atoms with Crippen LogP contribution >= 0.6 is 11.8 Å². The molecule has 0 saturated carbocycles. The van der Waals surface area contributed by atoms with E-state index >= 15 is 0 Å². The van der Waals surface area contributed by atoms with Crippen LogP contribution in [0.2, 0.25) is 0 Å². The predicted octanol–water partition coefficient (Wildman–Crippen LogP) is 1.95. The zero-order valence-electron chi connectivity index (χ0n) is 8.45. The number of hydrogen-bond donors (Lipinski definition) is 1. The molecule has 13 heavy (non-hydrogen) atoms. The van der Waals surface area contributed by atoms with Crippen molar-refractivity contribution in [2.45, 2.75) is 26.7 Å². The van der Waals surface area contributed by atoms with Gasteiger partial charge in [-0.15, -0.1) is 0 Å². The Labute approximate surface area is 84.5 Å². The standard InChI is InChI=1S/C9H19NO2S/c1-3-6-10(7-5-8-11)9(12)13-4-2/h11H,3-8H2,1-2H3. The Hall–Kier alpha value is -0.220. The minimum Gasteiger partial charge on any atom is -0.396 e. The van der Waals surface area contributed by atoms with Gasteiger partial charge >= 0.3 is 0 Å². The Balaban J connectivity index is 3.83. The molecule has 0 aliphatic rings. The number of carbonyl (C=O) groups excluding carboxylic acids is 1. The van der Waals surface area contributed by atoms with E-state index in [2.05, 4.69) is 6.92 Å². The van der Waals surface area contributed by atoms with Crippen molar-refractivity contribution in [1.29, 1.82) is 0 Å². The largest absolute Gasteiger partial charge is 0.396 e. The summed E-state index contributed by atoms with van der Waals surface area (Å²) in [6.45, 7) is 5.65. The van der Waals surface area contributed by atoms with Crippen LogP contribution in [-0.2, 0) is 0 Å². The van der Waals surface area contributed by atoms with Crippen molar-refractivity contribution in [3.63, 3.8) is 0 Å². The molecule has 3 nitrogen and oxygen atoms in total. The molecule has 78 valence electrons. The molecule has 0 atom stereocenters. The molecule has 1 amide bonds. The van der Waals surface area contributed by atoms with Gasteiger partial charge in [0.05, 0.1) is 0 Å². The lowest BCUT2D eigenvalue weighted by atomic mass is 10.4. The molecule has 0 spiro atoms. The SMILES string of the molecule is CCCN(CCCO)C(=O)SCC. The zero-order chi connectivity index (χ0) is 10.1.